The van der Waals surface area contributed by atoms with E-state index in [9.17, 15) is 14.4 Å². The van der Waals surface area contributed by atoms with Gasteiger partial charge in [0.25, 0.3) is 11.5 Å². The summed E-state index contributed by atoms with van der Waals surface area (Å²) in [6, 6.07) is 8.61. The summed E-state index contributed by atoms with van der Waals surface area (Å²) in [5.74, 6) is -0.759. The largest absolute Gasteiger partial charge is 0.481 e. The minimum absolute atomic E-state index is 0.0495. The van der Waals surface area contributed by atoms with Crippen LogP contribution in [0.25, 0.3) is 11.3 Å². The average Bonchev–Trinajstić information content (AvgIpc) is 3.30. The zero-order valence-corrected chi connectivity index (χ0v) is 19.0. The molecule has 0 aliphatic rings. The number of aromatic nitrogens is 3. The molecule has 0 unspecified atom stereocenters. The summed E-state index contributed by atoms with van der Waals surface area (Å²) in [4.78, 5) is 37.7. The van der Waals surface area contributed by atoms with Gasteiger partial charge in [-0.25, -0.2) is 0 Å². The zero-order valence-electron chi connectivity index (χ0n) is 17.4. The lowest BCUT2D eigenvalue weighted by molar-refractivity contribution is -0.137. The Morgan fingerprint density at radius 1 is 1.26 bits per heavy atom. The van der Waals surface area contributed by atoms with Gasteiger partial charge >= 0.3 is 5.97 Å². The van der Waals surface area contributed by atoms with E-state index < -0.39 is 11.4 Å². The van der Waals surface area contributed by atoms with Crippen LogP contribution < -0.4 is 10.9 Å². The number of nitrogens with one attached hydrogen (secondary N) is 1. The molecule has 0 aliphatic carbocycles. The first-order valence-electron chi connectivity index (χ1n) is 9.61. The Morgan fingerprint density at radius 2 is 2.00 bits per heavy atom. The highest BCUT2D eigenvalue weighted by atomic mass is 35.5. The highest BCUT2D eigenvalue weighted by Gasteiger charge is 2.27. The van der Waals surface area contributed by atoms with Crippen molar-refractivity contribution in [3.63, 3.8) is 0 Å². The van der Waals surface area contributed by atoms with Crippen LogP contribution in [0.15, 0.2) is 41.3 Å². The highest BCUT2D eigenvalue weighted by Crippen LogP contribution is 2.26. The number of pyridine rings is 1. The van der Waals surface area contributed by atoms with Gasteiger partial charge in [0.05, 0.1) is 22.9 Å². The van der Waals surface area contributed by atoms with Crippen molar-refractivity contribution in [2.45, 2.75) is 40.3 Å². The van der Waals surface area contributed by atoms with Crippen LogP contribution in [-0.2, 0) is 17.9 Å². The van der Waals surface area contributed by atoms with Crippen molar-refractivity contribution in [1.29, 1.82) is 0 Å². The van der Waals surface area contributed by atoms with E-state index in [1.807, 2.05) is 6.07 Å². The number of thiophene rings is 1. The van der Waals surface area contributed by atoms with Crippen molar-refractivity contribution in [2.24, 2.45) is 5.41 Å². The van der Waals surface area contributed by atoms with Gasteiger partial charge in [-0.15, -0.1) is 11.3 Å². The number of nitrogens with zero attached hydrogens (tertiary/aromatic N) is 3. The van der Waals surface area contributed by atoms with Gasteiger partial charge < -0.3 is 15.0 Å². The summed E-state index contributed by atoms with van der Waals surface area (Å²) in [6.45, 7) is 5.87. The lowest BCUT2D eigenvalue weighted by atomic mass is 9.96. The Bertz CT molecular complexity index is 1170. The van der Waals surface area contributed by atoms with Crippen LogP contribution in [-0.4, -0.2) is 31.3 Å². The van der Waals surface area contributed by atoms with E-state index in [1.165, 1.54) is 26.8 Å². The lowest BCUT2D eigenvalue weighted by Gasteiger charge is -2.18. The summed E-state index contributed by atoms with van der Waals surface area (Å²) >= 11 is 7.42. The fraction of sp³-hybridized carbons (Fsp3) is 0.333. The van der Waals surface area contributed by atoms with Gasteiger partial charge in [0.1, 0.15) is 11.5 Å². The van der Waals surface area contributed by atoms with Crippen LogP contribution in [0.4, 0.5) is 5.82 Å². The molecule has 3 aromatic rings. The standard InChI is InChI=1S/C21H23ClN4O4S/c1-21(2,3)20(30)26-17(23-12-13-6-7-16(22)31-13)11-15(24-26)14-5-4-9-25(19(14)29)10-8-18(27)28/h4-7,9,11,23H,8,10,12H2,1-3H3,(H,27,28). The van der Waals surface area contributed by atoms with Crippen LogP contribution in [0, 0.1) is 5.41 Å². The molecule has 0 fully saturated rings. The molecular formula is C21H23ClN4O4S. The minimum atomic E-state index is -0.988. The third-order valence-electron chi connectivity index (χ3n) is 4.48. The molecule has 0 spiro atoms. The minimum Gasteiger partial charge on any atom is -0.481 e. The highest BCUT2D eigenvalue weighted by molar-refractivity contribution is 7.16. The van der Waals surface area contributed by atoms with Crippen molar-refractivity contribution in [2.75, 3.05) is 5.32 Å². The molecule has 0 amide bonds. The van der Waals surface area contributed by atoms with E-state index >= 15 is 0 Å². The van der Waals surface area contributed by atoms with Crippen LogP contribution >= 0.6 is 22.9 Å². The summed E-state index contributed by atoms with van der Waals surface area (Å²) in [5.41, 5.74) is -0.438. The number of rotatable bonds is 7. The number of anilines is 1. The van der Waals surface area contributed by atoms with Gasteiger partial charge in [-0.05, 0) is 24.3 Å². The maximum atomic E-state index is 13.0. The maximum Gasteiger partial charge on any atom is 0.305 e. The molecule has 10 heteroatoms. The number of carboxylic acid groups (broad SMARTS) is 1. The molecular weight excluding hydrogens is 440 g/mol. The zero-order chi connectivity index (χ0) is 22.8. The van der Waals surface area contributed by atoms with Crippen molar-refractivity contribution in [3.8, 4) is 11.3 Å². The van der Waals surface area contributed by atoms with Gasteiger partial charge in [0.15, 0.2) is 0 Å². The molecule has 0 atom stereocenters. The Balaban J connectivity index is 1.98. The predicted molar refractivity (Wildman–Crippen MR) is 121 cm³/mol. The normalized spacial score (nSPS) is 11.5. The summed E-state index contributed by atoms with van der Waals surface area (Å²) in [5, 5.41) is 16.5. The van der Waals surface area contributed by atoms with Crippen molar-refractivity contribution in [1.82, 2.24) is 14.3 Å². The first-order chi connectivity index (χ1) is 14.6. The number of halogens is 1. The number of carboxylic acids is 1. The Morgan fingerprint density at radius 3 is 2.61 bits per heavy atom. The van der Waals surface area contributed by atoms with Gasteiger partial charge in [-0.1, -0.05) is 32.4 Å². The average molecular weight is 463 g/mol. The third-order valence-corrected chi connectivity index (χ3v) is 5.71. The maximum absolute atomic E-state index is 13.0. The van der Waals surface area contributed by atoms with Crippen LogP contribution in [0.1, 0.15) is 36.9 Å². The van der Waals surface area contributed by atoms with E-state index in [-0.39, 0.29) is 30.0 Å². The Labute approximate surface area is 188 Å². The van der Waals surface area contributed by atoms with E-state index in [0.29, 0.717) is 22.4 Å². The third kappa shape index (κ3) is 5.42. The molecule has 0 aromatic carbocycles. The fourth-order valence-corrected chi connectivity index (χ4v) is 3.89. The number of hydrogen-bond donors (Lipinski definition) is 2. The SMILES string of the molecule is CC(C)(C)C(=O)n1nc(-c2cccn(CCC(=O)O)c2=O)cc1NCc1ccc(Cl)s1. The topological polar surface area (TPSA) is 106 Å². The van der Waals surface area contributed by atoms with Gasteiger partial charge in [-0.3, -0.25) is 14.4 Å². The first kappa shape index (κ1) is 22.8. The monoisotopic (exact) mass is 462 g/mol. The van der Waals surface area contributed by atoms with Crippen LogP contribution in [0.5, 0.6) is 0 Å². The molecule has 164 valence electrons. The number of aryl methyl sites for hydroxylation is 1. The Kier molecular flexibility index (Phi) is 6.66. The molecule has 3 aromatic heterocycles. The van der Waals surface area contributed by atoms with Crippen molar-refractivity contribution in [3.05, 3.63) is 56.1 Å². The molecule has 0 saturated heterocycles. The van der Waals surface area contributed by atoms with E-state index in [2.05, 4.69) is 10.4 Å². The summed E-state index contributed by atoms with van der Waals surface area (Å²) in [6.07, 6.45) is 1.36. The predicted octanol–water partition coefficient (Wildman–Crippen LogP) is 4.20. The Hall–Kier alpha value is -2.91. The molecule has 2 N–H and O–H groups in total. The number of carbonyl (C=O) groups excluding carboxylic acids is 1. The molecule has 3 rings (SSSR count). The van der Waals surface area contributed by atoms with Gasteiger partial charge in [0.2, 0.25) is 0 Å². The second kappa shape index (κ2) is 9.07. The summed E-state index contributed by atoms with van der Waals surface area (Å²) < 4.78 is 3.27. The molecule has 0 radical (unpaired) electrons. The van der Waals surface area contributed by atoms with Gasteiger partial charge in [0, 0.05) is 29.1 Å². The quantitative estimate of drug-likeness (QED) is 0.545. The molecule has 0 bridgehead atoms. The number of hydrogen-bond acceptors (Lipinski definition) is 6. The molecule has 0 saturated carbocycles. The lowest BCUT2D eigenvalue weighted by Crippen LogP contribution is -2.29. The van der Waals surface area contributed by atoms with E-state index in [1.54, 1.807) is 45.0 Å². The smallest absolute Gasteiger partial charge is 0.305 e. The first-order valence-corrected chi connectivity index (χ1v) is 10.8. The second-order valence-electron chi connectivity index (χ2n) is 8.01. The molecule has 3 heterocycles. The second-order valence-corrected chi connectivity index (χ2v) is 9.80. The molecule has 0 aliphatic heterocycles. The van der Waals surface area contributed by atoms with E-state index in [0.717, 1.165) is 4.88 Å². The van der Waals surface area contributed by atoms with Crippen LogP contribution in [0.2, 0.25) is 4.34 Å². The molecule has 8 nitrogen and oxygen atoms in total. The number of aliphatic carboxylic acids is 1. The number of carbonyl (C=O) groups is 2. The van der Waals surface area contributed by atoms with E-state index in [4.69, 9.17) is 16.7 Å². The molecule has 31 heavy (non-hydrogen) atoms. The van der Waals surface area contributed by atoms with Crippen LogP contribution in [0.3, 0.4) is 0 Å². The summed E-state index contributed by atoms with van der Waals surface area (Å²) in [7, 11) is 0. The van der Waals surface area contributed by atoms with Crippen molar-refractivity contribution < 1.29 is 14.7 Å². The fourth-order valence-electron chi connectivity index (χ4n) is 2.86. The van der Waals surface area contributed by atoms with Crippen molar-refractivity contribution >= 4 is 40.6 Å². The van der Waals surface area contributed by atoms with Gasteiger partial charge in [-0.2, -0.15) is 9.78 Å².